The average molecular weight is 217 g/mol. The van der Waals surface area contributed by atoms with Crippen molar-refractivity contribution in [3.63, 3.8) is 0 Å². The van der Waals surface area contributed by atoms with Crippen LogP contribution in [0, 0.1) is 0 Å². The van der Waals surface area contributed by atoms with Crippen LogP contribution in [0.5, 0.6) is 0 Å². The Morgan fingerprint density at radius 2 is 1.93 bits per heavy atom. The maximum absolute atomic E-state index is 10.3. The minimum atomic E-state index is -0.777. The summed E-state index contributed by atoms with van der Waals surface area (Å²) in [6.07, 6.45) is 0.718. The highest BCUT2D eigenvalue weighted by Crippen LogP contribution is 2.09. The van der Waals surface area contributed by atoms with E-state index in [1.165, 1.54) is 0 Å². The van der Waals surface area contributed by atoms with Crippen molar-refractivity contribution >= 4 is 24.1 Å². The molecule has 0 heterocycles. The molecular weight excluding hydrogens is 204 g/mol. The summed E-state index contributed by atoms with van der Waals surface area (Å²) >= 11 is 0. The summed E-state index contributed by atoms with van der Waals surface area (Å²) in [6.45, 7) is 0. The highest BCUT2D eigenvalue weighted by Gasteiger charge is 1.98. The molecule has 0 fully saturated rings. The first-order valence-corrected chi connectivity index (χ1v) is 3.99. The summed E-state index contributed by atoms with van der Waals surface area (Å²) in [4.78, 5) is 10.3. The molecule has 0 bridgehead atoms. The number of rotatable bonds is 4. The lowest BCUT2D eigenvalue weighted by Crippen LogP contribution is -2.06. The molecule has 0 spiro atoms. The predicted molar refractivity (Wildman–Crippen MR) is 57.5 cm³/mol. The van der Waals surface area contributed by atoms with Gasteiger partial charge in [-0.3, -0.25) is 10.6 Å². The summed E-state index contributed by atoms with van der Waals surface area (Å²) in [5.74, 6) is 4.40. The summed E-state index contributed by atoms with van der Waals surface area (Å²) in [5, 5.41) is 8.44. The number of nitrogens with one attached hydrogen (secondary N) is 1. The third-order valence-electron chi connectivity index (χ3n) is 1.75. The van der Waals surface area contributed by atoms with Gasteiger partial charge in [-0.25, -0.2) is 0 Å². The topological polar surface area (TPSA) is 75.3 Å². The van der Waals surface area contributed by atoms with Gasteiger partial charge >= 0.3 is 5.97 Å². The summed E-state index contributed by atoms with van der Waals surface area (Å²) in [7, 11) is 0. The molecule has 0 radical (unpaired) electrons. The second-order valence-corrected chi connectivity index (χ2v) is 2.73. The monoisotopic (exact) mass is 216 g/mol. The molecule has 0 unspecified atom stereocenters. The molecule has 14 heavy (non-hydrogen) atoms. The molecule has 0 amide bonds. The third kappa shape index (κ3) is 4.11. The highest BCUT2D eigenvalue weighted by molar-refractivity contribution is 5.85. The van der Waals surface area contributed by atoms with E-state index in [1.54, 1.807) is 0 Å². The zero-order valence-corrected chi connectivity index (χ0v) is 8.38. The number of hydrogen-bond donors (Lipinski definition) is 3. The molecule has 5 heteroatoms. The van der Waals surface area contributed by atoms with Crippen LogP contribution in [0.25, 0.3) is 0 Å². The lowest BCUT2D eigenvalue weighted by molar-refractivity contribution is -0.136. The van der Waals surface area contributed by atoms with Crippen LogP contribution in [0.3, 0.4) is 0 Å². The number of carboxylic acid groups (broad SMARTS) is 1. The number of hydrazine groups is 1. The third-order valence-corrected chi connectivity index (χ3v) is 1.75. The molecule has 0 saturated carbocycles. The van der Waals surface area contributed by atoms with Gasteiger partial charge in [0, 0.05) is 12.1 Å². The zero-order chi connectivity index (χ0) is 9.68. The van der Waals surface area contributed by atoms with Crippen LogP contribution in [0.4, 0.5) is 5.69 Å². The van der Waals surface area contributed by atoms with E-state index < -0.39 is 5.97 Å². The predicted octanol–water partition coefficient (Wildman–Crippen LogP) is 1.41. The Hall–Kier alpha value is -1.26. The van der Waals surface area contributed by atoms with Crippen molar-refractivity contribution in [2.45, 2.75) is 12.8 Å². The molecule has 0 atom stereocenters. The number of aryl methyl sites for hydroxylation is 1. The van der Waals surface area contributed by atoms with Crippen LogP contribution in [0.1, 0.15) is 12.0 Å². The molecule has 0 aliphatic rings. The number of aliphatic carboxylic acids is 1. The Balaban J connectivity index is 0.00000169. The molecule has 4 nitrogen and oxygen atoms in total. The second-order valence-electron chi connectivity index (χ2n) is 2.73. The van der Waals surface area contributed by atoms with Gasteiger partial charge in [0.05, 0.1) is 0 Å². The average Bonchev–Trinajstić information content (AvgIpc) is 2.15. The Morgan fingerprint density at radius 3 is 2.36 bits per heavy atom. The van der Waals surface area contributed by atoms with Crippen LogP contribution in [0.15, 0.2) is 24.3 Å². The van der Waals surface area contributed by atoms with Crippen molar-refractivity contribution < 1.29 is 9.90 Å². The van der Waals surface area contributed by atoms with Crippen molar-refractivity contribution in [3.05, 3.63) is 29.8 Å². The first-order valence-electron chi connectivity index (χ1n) is 3.99. The number of hydrogen-bond acceptors (Lipinski definition) is 3. The van der Waals surface area contributed by atoms with Crippen molar-refractivity contribution in [2.75, 3.05) is 5.43 Å². The van der Waals surface area contributed by atoms with Gasteiger partial charge in [0.15, 0.2) is 0 Å². The van der Waals surface area contributed by atoms with Gasteiger partial charge in [0.1, 0.15) is 0 Å². The second kappa shape index (κ2) is 6.23. The summed E-state index contributed by atoms with van der Waals surface area (Å²) < 4.78 is 0. The number of halogens is 1. The molecule has 0 saturated heterocycles. The fraction of sp³-hybridized carbons (Fsp3) is 0.222. The van der Waals surface area contributed by atoms with Crippen LogP contribution in [-0.4, -0.2) is 11.1 Å². The maximum Gasteiger partial charge on any atom is 0.303 e. The molecule has 4 N–H and O–H groups in total. The maximum atomic E-state index is 10.3. The lowest BCUT2D eigenvalue weighted by Gasteiger charge is -2.01. The number of carbonyl (C=O) groups is 1. The quantitative estimate of drug-likeness (QED) is 0.526. The number of benzene rings is 1. The normalized spacial score (nSPS) is 8.93. The molecule has 0 aliphatic carbocycles. The van der Waals surface area contributed by atoms with E-state index in [2.05, 4.69) is 5.43 Å². The SMILES string of the molecule is Cl.NNc1ccc(CCC(=O)O)cc1. The minimum absolute atomic E-state index is 0. The fourth-order valence-electron chi connectivity index (χ4n) is 1.02. The van der Waals surface area contributed by atoms with Crippen LogP contribution in [0.2, 0.25) is 0 Å². The van der Waals surface area contributed by atoms with E-state index >= 15 is 0 Å². The van der Waals surface area contributed by atoms with Gasteiger partial charge in [0.25, 0.3) is 0 Å². The van der Waals surface area contributed by atoms with Gasteiger partial charge in [-0.1, -0.05) is 12.1 Å². The van der Waals surface area contributed by atoms with E-state index in [1.807, 2.05) is 24.3 Å². The van der Waals surface area contributed by atoms with E-state index in [-0.39, 0.29) is 18.8 Å². The zero-order valence-electron chi connectivity index (χ0n) is 7.56. The molecule has 1 rings (SSSR count). The Bertz CT molecular complexity index is 287. The number of nitrogens with two attached hydrogens (primary N) is 1. The fourth-order valence-corrected chi connectivity index (χ4v) is 1.02. The van der Waals surface area contributed by atoms with Gasteiger partial charge < -0.3 is 10.5 Å². The Morgan fingerprint density at radius 1 is 1.36 bits per heavy atom. The van der Waals surface area contributed by atoms with Crippen LogP contribution in [-0.2, 0) is 11.2 Å². The van der Waals surface area contributed by atoms with E-state index in [4.69, 9.17) is 10.9 Å². The standard InChI is InChI=1S/C9H12N2O2.ClH/c10-11-8-4-1-7(2-5-8)3-6-9(12)13;/h1-2,4-5,11H,3,6,10H2,(H,12,13);1H. The molecule has 0 aromatic heterocycles. The summed E-state index contributed by atoms with van der Waals surface area (Å²) in [5.41, 5.74) is 4.32. The van der Waals surface area contributed by atoms with Crippen LogP contribution >= 0.6 is 12.4 Å². The minimum Gasteiger partial charge on any atom is -0.481 e. The van der Waals surface area contributed by atoms with E-state index in [0.717, 1.165) is 11.3 Å². The molecule has 0 aliphatic heterocycles. The van der Waals surface area contributed by atoms with Gasteiger partial charge in [-0.15, -0.1) is 12.4 Å². The van der Waals surface area contributed by atoms with Crippen molar-refractivity contribution in [1.82, 2.24) is 0 Å². The Kier molecular flexibility index (Phi) is 5.67. The number of carboxylic acids is 1. The first kappa shape index (κ1) is 12.7. The Labute approximate surface area is 88.5 Å². The van der Waals surface area contributed by atoms with Gasteiger partial charge in [-0.05, 0) is 24.1 Å². The smallest absolute Gasteiger partial charge is 0.303 e. The van der Waals surface area contributed by atoms with Crippen LogP contribution < -0.4 is 11.3 Å². The van der Waals surface area contributed by atoms with Gasteiger partial charge in [0.2, 0.25) is 0 Å². The van der Waals surface area contributed by atoms with E-state index in [0.29, 0.717) is 6.42 Å². The van der Waals surface area contributed by atoms with E-state index in [9.17, 15) is 4.79 Å². The van der Waals surface area contributed by atoms with Crippen molar-refractivity contribution in [1.29, 1.82) is 0 Å². The molecule has 1 aromatic carbocycles. The molecular formula is C9H13ClN2O2. The number of anilines is 1. The first-order chi connectivity index (χ1) is 6.22. The van der Waals surface area contributed by atoms with Crippen molar-refractivity contribution in [2.24, 2.45) is 5.84 Å². The largest absolute Gasteiger partial charge is 0.481 e. The lowest BCUT2D eigenvalue weighted by atomic mass is 10.1. The van der Waals surface area contributed by atoms with Gasteiger partial charge in [-0.2, -0.15) is 0 Å². The molecule has 1 aromatic rings. The van der Waals surface area contributed by atoms with Crippen molar-refractivity contribution in [3.8, 4) is 0 Å². The highest BCUT2D eigenvalue weighted by atomic mass is 35.5. The number of nitrogen functional groups attached to an aromatic ring is 1. The summed E-state index contributed by atoms with van der Waals surface area (Å²) in [6, 6.07) is 7.35. The molecule has 78 valence electrons.